The zero-order chi connectivity index (χ0) is 8.27. The van der Waals surface area contributed by atoms with Gasteiger partial charge in [-0.2, -0.15) is 4.98 Å². The van der Waals surface area contributed by atoms with Gasteiger partial charge in [-0.05, 0) is 5.92 Å². The Labute approximate surface area is 66.1 Å². The summed E-state index contributed by atoms with van der Waals surface area (Å²) in [6, 6.07) is 1.36. The molecule has 1 aromatic rings. The number of hydrogen-bond donors (Lipinski definition) is 0. The maximum Gasteiger partial charge on any atom is 0.272 e. The summed E-state index contributed by atoms with van der Waals surface area (Å²) >= 11 is 0. The van der Waals surface area contributed by atoms with Crippen molar-refractivity contribution in [1.82, 2.24) is 9.97 Å². The highest BCUT2D eigenvalue weighted by molar-refractivity contribution is 5.05. The molecule has 59 valence electrons. The molecule has 3 heteroatoms. The molecule has 0 aliphatic heterocycles. The Balaban J connectivity index is 2.71. The first-order valence-electron chi connectivity index (χ1n) is 3.67. The van der Waals surface area contributed by atoms with Crippen LogP contribution < -0.4 is 0 Å². The zero-order valence-corrected chi connectivity index (χ0v) is 6.74. The van der Waals surface area contributed by atoms with Gasteiger partial charge in [-0.1, -0.05) is 13.8 Å². The van der Waals surface area contributed by atoms with Gasteiger partial charge in [0.05, 0.1) is 0 Å². The van der Waals surface area contributed by atoms with Crippen molar-refractivity contribution < 1.29 is 5.11 Å². The number of hydrogen-bond acceptors (Lipinski definition) is 2. The number of aromatic nitrogens is 2. The maximum absolute atomic E-state index is 10.7. The summed E-state index contributed by atoms with van der Waals surface area (Å²) < 4.78 is 0. The van der Waals surface area contributed by atoms with Crippen LogP contribution in [0.15, 0.2) is 12.3 Å². The van der Waals surface area contributed by atoms with E-state index in [4.69, 9.17) is 0 Å². The standard InChI is InChI=1S/C8H11N2O/c1-6(2)5-7-9-4-3-8(11)10-7/h3-4,6H,5H2,1-2H3. The van der Waals surface area contributed by atoms with E-state index in [1.54, 1.807) is 0 Å². The molecule has 0 bridgehead atoms. The second kappa shape index (κ2) is 3.32. The minimum absolute atomic E-state index is 0.198. The number of nitrogens with zero attached hydrogens (tertiary/aromatic N) is 2. The summed E-state index contributed by atoms with van der Waals surface area (Å²) in [5.74, 6) is 0.944. The SMILES string of the molecule is CC(C)Cc1nccc([O])n1. The Morgan fingerprint density at radius 3 is 2.82 bits per heavy atom. The minimum Gasteiger partial charge on any atom is -0.267 e. The first-order chi connectivity index (χ1) is 5.18. The van der Waals surface area contributed by atoms with Crippen molar-refractivity contribution in [3.05, 3.63) is 18.1 Å². The van der Waals surface area contributed by atoms with Crippen LogP contribution in [0.2, 0.25) is 0 Å². The molecule has 0 fully saturated rings. The lowest BCUT2D eigenvalue weighted by molar-refractivity contribution is 0.334. The molecule has 0 saturated carbocycles. The van der Waals surface area contributed by atoms with Gasteiger partial charge in [0.1, 0.15) is 5.82 Å². The molecule has 0 aliphatic rings. The largest absolute Gasteiger partial charge is 0.272 e. The van der Waals surface area contributed by atoms with Gasteiger partial charge in [0.2, 0.25) is 0 Å². The molecule has 1 aromatic heterocycles. The Hall–Kier alpha value is -1.12. The fourth-order valence-electron chi connectivity index (χ4n) is 0.844. The fourth-order valence-corrected chi connectivity index (χ4v) is 0.844. The van der Waals surface area contributed by atoms with E-state index in [1.807, 2.05) is 0 Å². The van der Waals surface area contributed by atoms with Gasteiger partial charge in [0.25, 0.3) is 5.88 Å². The van der Waals surface area contributed by atoms with Gasteiger partial charge in [-0.25, -0.2) is 4.98 Å². The molecule has 0 N–H and O–H groups in total. The Kier molecular flexibility index (Phi) is 2.41. The Bertz CT molecular complexity index is 235. The fraction of sp³-hybridized carbons (Fsp3) is 0.500. The van der Waals surface area contributed by atoms with Crippen LogP contribution in [0.1, 0.15) is 19.7 Å². The van der Waals surface area contributed by atoms with E-state index in [1.165, 1.54) is 12.3 Å². The van der Waals surface area contributed by atoms with Crippen LogP contribution >= 0.6 is 0 Å². The minimum atomic E-state index is -0.198. The van der Waals surface area contributed by atoms with E-state index in [0.29, 0.717) is 11.7 Å². The van der Waals surface area contributed by atoms with Crippen molar-refractivity contribution in [2.24, 2.45) is 5.92 Å². The summed E-state index contributed by atoms with van der Waals surface area (Å²) in [4.78, 5) is 7.72. The summed E-state index contributed by atoms with van der Waals surface area (Å²) in [6.07, 6.45) is 2.28. The zero-order valence-electron chi connectivity index (χ0n) is 6.74. The van der Waals surface area contributed by atoms with Crippen molar-refractivity contribution in [2.45, 2.75) is 20.3 Å². The summed E-state index contributed by atoms with van der Waals surface area (Å²) in [7, 11) is 0. The molecule has 0 saturated heterocycles. The van der Waals surface area contributed by atoms with Gasteiger partial charge in [0, 0.05) is 18.7 Å². The number of rotatable bonds is 2. The second-order valence-corrected chi connectivity index (χ2v) is 2.91. The third-order valence-electron chi connectivity index (χ3n) is 1.27. The molecule has 0 aliphatic carbocycles. The maximum atomic E-state index is 10.7. The molecule has 0 unspecified atom stereocenters. The van der Waals surface area contributed by atoms with E-state index >= 15 is 0 Å². The quantitative estimate of drug-likeness (QED) is 0.647. The Morgan fingerprint density at radius 2 is 2.27 bits per heavy atom. The van der Waals surface area contributed by atoms with Crippen molar-refractivity contribution >= 4 is 0 Å². The van der Waals surface area contributed by atoms with Crippen molar-refractivity contribution in [2.75, 3.05) is 0 Å². The van der Waals surface area contributed by atoms with E-state index in [9.17, 15) is 5.11 Å². The monoisotopic (exact) mass is 151 g/mol. The van der Waals surface area contributed by atoms with Crippen LogP contribution in [0.25, 0.3) is 0 Å². The molecular formula is C8H11N2O. The van der Waals surface area contributed by atoms with Crippen LogP contribution in [-0.4, -0.2) is 9.97 Å². The van der Waals surface area contributed by atoms with Crippen LogP contribution in [0.5, 0.6) is 5.88 Å². The molecule has 1 rings (SSSR count). The molecule has 0 amide bonds. The molecule has 11 heavy (non-hydrogen) atoms. The second-order valence-electron chi connectivity index (χ2n) is 2.91. The van der Waals surface area contributed by atoms with Crippen LogP contribution in [0, 0.1) is 5.92 Å². The van der Waals surface area contributed by atoms with Crippen LogP contribution in [0.3, 0.4) is 0 Å². The molecule has 0 spiro atoms. The normalized spacial score (nSPS) is 10.5. The highest BCUT2D eigenvalue weighted by Crippen LogP contribution is 2.06. The lowest BCUT2D eigenvalue weighted by atomic mass is 10.1. The van der Waals surface area contributed by atoms with Crippen LogP contribution in [0.4, 0.5) is 0 Å². The predicted molar refractivity (Wildman–Crippen MR) is 40.7 cm³/mol. The first kappa shape index (κ1) is 7.98. The molecular weight excluding hydrogens is 140 g/mol. The first-order valence-corrected chi connectivity index (χ1v) is 3.67. The summed E-state index contributed by atoms with van der Waals surface area (Å²) in [5.41, 5.74) is 0. The highest BCUT2D eigenvalue weighted by Gasteiger charge is 2.01. The molecule has 0 atom stereocenters. The topological polar surface area (TPSA) is 45.7 Å². The van der Waals surface area contributed by atoms with Crippen molar-refractivity contribution in [1.29, 1.82) is 0 Å². The van der Waals surface area contributed by atoms with E-state index in [0.717, 1.165) is 6.42 Å². The van der Waals surface area contributed by atoms with E-state index in [2.05, 4.69) is 23.8 Å². The average molecular weight is 151 g/mol. The van der Waals surface area contributed by atoms with E-state index in [-0.39, 0.29) is 5.88 Å². The molecule has 0 aromatic carbocycles. The van der Waals surface area contributed by atoms with Crippen LogP contribution in [-0.2, 0) is 11.5 Å². The molecule has 3 nitrogen and oxygen atoms in total. The van der Waals surface area contributed by atoms with Gasteiger partial charge < -0.3 is 0 Å². The van der Waals surface area contributed by atoms with Crippen molar-refractivity contribution in [3.8, 4) is 5.88 Å². The van der Waals surface area contributed by atoms with Gasteiger partial charge >= 0.3 is 0 Å². The summed E-state index contributed by atoms with van der Waals surface area (Å²) in [6.45, 7) is 4.14. The third kappa shape index (κ3) is 2.53. The highest BCUT2D eigenvalue weighted by atomic mass is 16.3. The van der Waals surface area contributed by atoms with Gasteiger partial charge in [0.15, 0.2) is 0 Å². The summed E-state index contributed by atoms with van der Waals surface area (Å²) in [5, 5.41) is 10.7. The van der Waals surface area contributed by atoms with Gasteiger partial charge in [-0.3, -0.25) is 5.11 Å². The lowest BCUT2D eigenvalue weighted by Crippen LogP contribution is -1.99. The molecule has 1 radical (unpaired) electrons. The Morgan fingerprint density at radius 1 is 1.55 bits per heavy atom. The molecule has 1 heterocycles. The third-order valence-corrected chi connectivity index (χ3v) is 1.27. The van der Waals surface area contributed by atoms with Gasteiger partial charge in [-0.15, -0.1) is 0 Å². The smallest absolute Gasteiger partial charge is 0.267 e. The lowest BCUT2D eigenvalue weighted by Gasteiger charge is -2.00. The van der Waals surface area contributed by atoms with E-state index < -0.39 is 0 Å². The predicted octanol–water partition coefficient (Wildman–Crippen LogP) is 1.82. The average Bonchev–Trinajstić information content (AvgIpc) is 1.85. The van der Waals surface area contributed by atoms with Crippen molar-refractivity contribution in [3.63, 3.8) is 0 Å².